The molecular formula is C31H36N2O2S. The largest absolute Gasteiger partial charge is 0.493 e. The molecule has 1 unspecified atom stereocenters. The molecule has 188 valence electrons. The minimum atomic E-state index is -0.114. The molecule has 0 radical (unpaired) electrons. The Morgan fingerprint density at radius 2 is 1.72 bits per heavy atom. The summed E-state index contributed by atoms with van der Waals surface area (Å²) >= 11 is 1.63. The van der Waals surface area contributed by atoms with Crippen molar-refractivity contribution < 1.29 is 9.53 Å². The Morgan fingerprint density at radius 3 is 2.47 bits per heavy atom. The number of carbonyl (C=O) groups is 1. The standard InChI is InChI=1S/C31H36N2O2S/c1-21(2)20-35-28-18-17-23(25-14-8-9-15-26(25)28)19-29-30(34)33(27-16-10-7-11-22(27)3)31(36-29)32-24-12-5-4-6-13-24/h4-6,8-9,12-15,17-19,21-22,27,31-32H,7,10-11,16,20H2,1-3H3/b29-19-/t22-,27+,31?/m1/s1. The highest BCUT2D eigenvalue weighted by molar-refractivity contribution is 8.05. The van der Waals surface area contributed by atoms with Crippen molar-refractivity contribution in [1.82, 2.24) is 4.90 Å². The molecule has 0 aromatic heterocycles. The fraction of sp³-hybridized carbons (Fsp3) is 0.387. The second-order valence-electron chi connectivity index (χ2n) is 10.4. The van der Waals surface area contributed by atoms with Gasteiger partial charge in [-0.1, -0.05) is 93.9 Å². The van der Waals surface area contributed by atoms with E-state index in [4.69, 9.17) is 4.74 Å². The highest BCUT2D eigenvalue weighted by Crippen LogP contribution is 2.43. The van der Waals surface area contributed by atoms with Crippen LogP contribution in [-0.2, 0) is 4.79 Å². The number of nitrogens with one attached hydrogen (secondary N) is 1. The first-order chi connectivity index (χ1) is 17.5. The number of para-hydroxylation sites is 1. The molecule has 5 heteroatoms. The molecule has 36 heavy (non-hydrogen) atoms. The first kappa shape index (κ1) is 24.8. The van der Waals surface area contributed by atoms with E-state index in [-0.39, 0.29) is 17.4 Å². The molecule has 1 amide bonds. The maximum Gasteiger partial charge on any atom is 0.262 e. The number of nitrogens with zero attached hydrogens (tertiary/aromatic N) is 1. The van der Waals surface area contributed by atoms with Crippen LogP contribution in [0.5, 0.6) is 5.75 Å². The number of rotatable bonds is 7. The lowest BCUT2D eigenvalue weighted by atomic mass is 9.85. The Hall–Kier alpha value is -2.92. The van der Waals surface area contributed by atoms with Crippen molar-refractivity contribution in [3.8, 4) is 5.75 Å². The van der Waals surface area contributed by atoms with E-state index in [0.717, 1.165) is 39.1 Å². The highest BCUT2D eigenvalue weighted by atomic mass is 32.2. The molecule has 1 aliphatic carbocycles. The van der Waals surface area contributed by atoms with E-state index in [9.17, 15) is 4.79 Å². The van der Waals surface area contributed by atoms with E-state index >= 15 is 0 Å². The van der Waals surface area contributed by atoms with Crippen LogP contribution in [0, 0.1) is 11.8 Å². The summed E-state index contributed by atoms with van der Waals surface area (Å²) in [5, 5.41) is 5.83. The lowest BCUT2D eigenvalue weighted by Crippen LogP contribution is -2.48. The summed E-state index contributed by atoms with van der Waals surface area (Å²) in [6.45, 7) is 7.29. The molecule has 1 aliphatic heterocycles. The molecule has 2 fully saturated rings. The molecule has 0 spiro atoms. The van der Waals surface area contributed by atoms with Gasteiger partial charge in [0.1, 0.15) is 5.75 Å². The van der Waals surface area contributed by atoms with E-state index in [0.29, 0.717) is 18.4 Å². The van der Waals surface area contributed by atoms with Gasteiger partial charge in [0.05, 0.1) is 11.5 Å². The third kappa shape index (κ3) is 5.27. The molecular weight excluding hydrogens is 464 g/mol. The quantitative estimate of drug-likeness (QED) is 0.337. The summed E-state index contributed by atoms with van der Waals surface area (Å²) in [7, 11) is 0. The van der Waals surface area contributed by atoms with Gasteiger partial charge in [0.25, 0.3) is 5.91 Å². The molecule has 5 rings (SSSR count). The van der Waals surface area contributed by atoms with Crippen LogP contribution in [0.3, 0.4) is 0 Å². The number of carbonyl (C=O) groups excluding carboxylic acids is 1. The second-order valence-corrected chi connectivity index (χ2v) is 11.6. The van der Waals surface area contributed by atoms with E-state index in [1.165, 1.54) is 19.3 Å². The van der Waals surface area contributed by atoms with E-state index in [1.54, 1.807) is 11.8 Å². The fourth-order valence-corrected chi connectivity index (χ4v) is 6.51. The summed E-state index contributed by atoms with van der Waals surface area (Å²) in [5.74, 6) is 1.99. The number of hydrogen-bond donors (Lipinski definition) is 1. The monoisotopic (exact) mass is 500 g/mol. The minimum absolute atomic E-state index is 0.114. The molecule has 3 atom stereocenters. The molecule has 1 saturated carbocycles. The number of amides is 1. The van der Waals surface area contributed by atoms with Gasteiger partial charge in [0.2, 0.25) is 0 Å². The average molecular weight is 501 g/mol. The molecule has 2 aliphatic rings. The van der Waals surface area contributed by atoms with Gasteiger partial charge in [-0.05, 0) is 59.9 Å². The van der Waals surface area contributed by atoms with Crippen molar-refractivity contribution in [2.45, 2.75) is 58.0 Å². The van der Waals surface area contributed by atoms with Gasteiger partial charge in [0, 0.05) is 17.1 Å². The highest BCUT2D eigenvalue weighted by Gasteiger charge is 2.42. The van der Waals surface area contributed by atoms with Crippen molar-refractivity contribution in [3.63, 3.8) is 0 Å². The Labute approximate surface area is 219 Å². The number of anilines is 1. The number of thioether (sulfide) groups is 1. The van der Waals surface area contributed by atoms with Crippen molar-refractivity contribution in [2.24, 2.45) is 11.8 Å². The molecule has 1 N–H and O–H groups in total. The zero-order chi connectivity index (χ0) is 25.1. The van der Waals surface area contributed by atoms with Crippen molar-refractivity contribution in [3.05, 3.63) is 77.2 Å². The Bertz CT molecular complexity index is 1240. The molecule has 3 aromatic carbocycles. The second kappa shape index (κ2) is 11.0. The number of ether oxygens (including phenoxy) is 1. The molecule has 4 nitrogen and oxygen atoms in total. The smallest absolute Gasteiger partial charge is 0.262 e. The van der Waals surface area contributed by atoms with E-state index < -0.39 is 0 Å². The lowest BCUT2D eigenvalue weighted by Gasteiger charge is -2.39. The fourth-order valence-electron chi connectivity index (χ4n) is 5.31. The topological polar surface area (TPSA) is 41.6 Å². The van der Waals surface area contributed by atoms with Crippen LogP contribution < -0.4 is 10.1 Å². The molecule has 1 heterocycles. The summed E-state index contributed by atoms with van der Waals surface area (Å²) in [6, 6.07) is 22.9. The summed E-state index contributed by atoms with van der Waals surface area (Å²) in [5.41, 5.74) is 1.97. The Morgan fingerprint density at radius 1 is 1.00 bits per heavy atom. The SMILES string of the molecule is CC(C)COc1ccc(/C=C2\SC(Nc3ccccc3)N([C@H]3CCCC[C@H]3C)C2=O)c2ccccc12. The zero-order valence-electron chi connectivity index (χ0n) is 21.4. The normalized spacial score (nSPS) is 23.6. The molecule has 3 aromatic rings. The number of fused-ring (bicyclic) bond motifs is 1. The van der Waals surface area contributed by atoms with E-state index in [1.807, 2.05) is 30.3 Å². The van der Waals surface area contributed by atoms with Crippen LogP contribution in [-0.4, -0.2) is 29.0 Å². The van der Waals surface area contributed by atoms with E-state index in [2.05, 4.69) is 73.5 Å². The van der Waals surface area contributed by atoms with Crippen LogP contribution in [0.4, 0.5) is 5.69 Å². The predicted molar refractivity (Wildman–Crippen MR) is 152 cm³/mol. The van der Waals surface area contributed by atoms with Crippen LogP contribution in [0.25, 0.3) is 16.8 Å². The summed E-state index contributed by atoms with van der Waals surface area (Å²) in [4.78, 5) is 16.8. The van der Waals surface area contributed by atoms with Crippen LogP contribution >= 0.6 is 11.8 Å². The van der Waals surface area contributed by atoms with Crippen LogP contribution in [0.2, 0.25) is 0 Å². The first-order valence-corrected chi connectivity index (χ1v) is 14.1. The van der Waals surface area contributed by atoms with Crippen molar-refractivity contribution in [1.29, 1.82) is 0 Å². The Balaban J connectivity index is 1.49. The van der Waals surface area contributed by atoms with Gasteiger partial charge in [-0.15, -0.1) is 0 Å². The number of benzene rings is 3. The third-order valence-corrected chi connectivity index (χ3v) is 8.32. The van der Waals surface area contributed by atoms with Crippen molar-refractivity contribution >= 4 is 40.2 Å². The van der Waals surface area contributed by atoms with Gasteiger partial charge in [-0.25, -0.2) is 0 Å². The third-order valence-electron chi connectivity index (χ3n) is 7.20. The molecule has 1 saturated heterocycles. The van der Waals surface area contributed by atoms with Gasteiger partial charge in [-0.2, -0.15) is 0 Å². The van der Waals surface area contributed by atoms with Crippen molar-refractivity contribution in [2.75, 3.05) is 11.9 Å². The minimum Gasteiger partial charge on any atom is -0.493 e. The van der Waals surface area contributed by atoms with Gasteiger partial charge < -0.3 is 15.0 Å². The zero-order valence-corrected chi connectivity index (χ0v) is 22.3. The summed E-state index contributed by atoms with van der Waals surface area (Å²) < 4.78 is 6.11. The average Bonchev–Trinajstić information content (AvgIpc) is 3.18. The maximum atomic E-state index is 13.9. The molecule has 0 bridgehead atoms. The van der Waals surface area contributed by atoms with Crippen LogP contribution in [0.15, 0.2) is 71.6 Å². The lowest BCUT2D eigenvalue weighted by molar-refractivity contribution is -0.129. The van der Waals surface area contributed by atoms with Gasteiger partial charge >= 0.3 is 0 Å². The van der Waals surface area contributed by atoms with Crippen LogP contribution in [0.1, 0.15) is 52.0 Å². The summed E-state index contributed by atoms with van der Waals surface area (Å²) in [6.07, 6.45) is 6.76. The predicted octanol–water partition coefficient (Wildman–Crippen LogP) is 7.77. The Kier molecular flexibility index (Phi) is 7.56. The van der Waals surface area contributed by atoms with Gasteiger partial charge in [-0.3, -0.25) is 4.79 Å². The van der Waals surface area contributed by atoms with Gasteiger partial charge in [0.15, 0.2) is 5.50 Å². The maximum absolute atomic E-state index is 13.9. The first-order valence-electron chi connectivity index (χ1n) is 13.2. The number of hydrogen-bond acceptors (Lipinski definition) is 4.